The van der Waals surface area contributed by atoms with Gasteiger partial charge in [-0.15, -0.1) is 0 Å². The van der Waals surface area contributed by atoms with Crippen LogP contribution in [0.1, 0.15) is 25.0 Å². The molecule has 0 N–H and O–H groups in total. The zero-order valence-electron chi connectivity index (χ0n) is 20.3. The normalized spacial score (nSPS) is 14.1. The fourth-order valence-electron chi connectivity index (χ4n) is 6.49. The van der Waals surface area contributed by atoms with Gasteiger partial charge in [-0.3, -0.25) is 4.57 Å². The third-order valence-electron chi connectivity index (χ3n) is 8.21. The van der Waals surface area contributed by atoms with Crippen molar-refractivity contribution in [2.24, 2.45) is 0 Å². The van der Waals surface area contributed by atoms with Crippen LogP contribution in [-0.4, -0.2) is 9.55 Å². The van der Waals surface area contributed by atoms with Crippen LogP contribution >= 0.6 is 0 Å². The first-order valence-electron chi connectivity index (χ1n) is 12.6. The Morgan fingerprint density at radius 3 is 2.31 bits per heavy atom. The number of aromatic nitrogens is 2. The van der Waals surface area contributed by atoms with E-state index in [1.165, 1.54) is 60.2 Å². The maximum atomic E-state index is 4.99. The van der Waals surface area contributed by atoms with E-state index in [0.717, 1.165) is 11.2 Å². The van der Waals surface area contributed by atoms with Gasteiger partial charge in [-0.05, 0) is 45.2 Å². The molecule has 8 rings (SSSR count). The summed E-state index contributed by atoms with van der Waals surface area (Å²) >= 11 is 0. The fraction of sp³-hybridized carbons (Fsp3) is 0.0882. The van der Waals surface area contributed by atoms with Crippen LogP contribution in [0.5, 0.6) is 0 Å². The van der Waals surface area contributed by atoms with E-state index in [1.54, 1.807) is 0 Å². The Morgan fingerprint density at radius 2 is 1.39 bits per heavy atom. The number of fused-ring (bicyclic) bond motifs is 10. The summed E-state index contributed by atoms with van der Waals surface area (Å²) in [5.41, 5.74) is 7.89. The standard InChI is InChI=1S/C34H24N2/c1-34(2)27-13-7-5-12-26(27)32-28(34)18-16-21-15-17-25-24-11-6-8-14-29(24)36(33(25)31(21)32)30-19-22-9-3-4-10-23(22)20-35-30/h3-20H,1-2H3. The highest BCUT2D eigenvalue weighted by Crippen LogP contribution is 2.53. The summed E-state index contributed by atoms with van der Waals surface area (Å²) in [6, 6.07) is 37.5. The van der Waals surface area contributed by atoms with Crippen LogP contribution in [0.25, 0.3) is 60.3 Å². The summed E-state index contributed by atoms with van der Waals surface area (Å²) in [6.45, 7) is 4.70. The molecule has 0 saturated carbocycles. The molecule has 1 aliphatic rings. The molecule has 1 aliphatic carbocycles. The lowest BCUT2D eigenvalue weighted by Crippen LogP contribution is -2.14. The molecule has 0 aliphatic heterocycles. The van der Waals surface area contributed by atoms with Crippen molar-refractivity contribution in [2.75, 3.05) is 0 Å². The zero-order valence-corrected chi connectivity index (χ0v) is 20.3. The number of hydrogen-bond acceptors (Lipinski definition) is 1. The van der Waals surface area contributed by atoms with Crippen molar-refractivity contribution in [1.29, 1.82) is 0 Å². The second kappa shape index (κ2) is 6.83. The minimum Gasteiger partial charge on any atom is -0.293 e. The molecule has 0 saturated heterocycles. The molecule has 0 bridgehead atoms. The van der Waals surface area contributed by atoms with Gasteiger partial charge in [0.05, 0.1) is 11.0 Å². The van der Waals surface area contributed by atoms with Gasteiger partial charge in [-0.25, -0.2) is 4.98 Å². The smallest absolute Gasteiger partial charge is 0.138 e. The molecule has 2 heteroatoms. The zero-order chi connectivity index (χ0) is 24.0. The first kappa shape index (κ1) is 19.8. The molecular weight excluding hydrogens is 436 g/mol. The SMILES string of the molecule is CC1(C)c2ccccc2-c2c1ccc1ccc3c4ccccc4n(-c4cc5ccccc5cn4)c3c21. The van der Waals surface area contributed by atoms with Crippen LogP contribution in [-0.2, 0) is 5.41 Å². The molecule has 170 valence electrons. The second-order valence-corrected chi connectivity index (χ2v) is 10.5. The van der Waals surface area contributed by atoms with Gasteiger partial charge in [-0.1, -0.05) is 105 Å². The molecule has 0 amide bonds. The molecule has 2 aromatic heterocycles. The average molecular weight is 461 g/mol. The van der Waals surface area contributed by atoms with Gasteiger partial charge in [0.25, 0.3) is 0 Å². The number of benzene rings is 5. The number of hydrogen-bond donors (Lipinski definition) is 0. The fourth-order valence-corrected chi connectivity index (χ4v) is 6.49. The molecule has 0 radical (unpaired) electrons. The lowest BCUT2D eigenvalue weighted by Gasteiger charge is -2.21. The number of rotatable bonds is 1. The number of nitrogens with zero attached hydrogens (tertiary/aromatic N) is 2. The first-order valence-corrected chi connectivity index (χ1v) is 12.6. The lowest BCUT2D eigenvalue weighted by molar-refractivity contribution is 0.661. The van der Waals surface area contributed by atoms with E-state index < -0.39 is 0 Å². The van der Waals surface area contributed by atoms with Crippen molar-refractivity contribution in [3.63, 3.8) is 0 Å². The van der Waals surface area contributed by atoms with Crippen LogP contribution in [0.3, 0.4) is 0 Å². The molecule has 2 heterocycles. The molecule has 7 aromatic rings. The minimum absolute atomic E-state index is 0.0413. The van der Waals surface area contributed by atoms with Gasteiger partial charge in [0.1, 0.15) is 5.82 Å². The molecule has 0 spiro atoms. The van der Waals surface area contributed by atoms with E-state index in [2.05, 4.69) is 122 Å². The predicted octanol–water partition coefficient (Wildman–Crippen LogP) is 8.79. The van der Waals surface area contributed by atoms with Gasteiger partial charge in [-0.2, -0.15) is 0 Å². The molecule has 36 heavy (non-hydrogen) atoms. The van der Waals surface area contributed by atoms with Crippen LogP contribution < -0.4 is 0 Å². The van der Waals surface area contributed by atoms with E-state index in [9.17, 15) is 0 Å². The van der Waals surface area contributed by atoms with Crippen LogP contribution in [0, 0.1) is 0 Å². The van der Waals surface area contributed by atoms with E-state index in [-0.39, 0.29) is 5.41 Å². The summed E-state index contributed by atoms with van der Waals surface area (Å²) < 4.78 is 2.38. The summed E-state index contributed by atoms with van der Waals surface area (Å²) in [5.74, 6) is 0.954. The quantitative estimate of drug-likeness (QED) is 0.239. The highest BCUT2D eigenvalue weighted by molar-refractivity contribution is 6.23. The Kier molecular flexibility index (Phi) is 3.76. The van der Waals surface area contributed by atoms with Crippen molar-refractivity contribution in [2.45, 2.75) is 19.3 Å². The van der Waals surface area contributed by atoms with Crippen molar-refractivity contribution in [1.82, 2.24) is 9.55 Å². The minimum atomic E-state index is -0.0413. The monoisotopic (exact) mass is 460 g/mol. The summed E-state index contributed by atoms with van der Waals surface area (Å²) in [7, 11) is 0. The molecular formula is C34H24N2. The van der Waals surface area contributed by atoms with Gasteiger partial charge < -0.3 is 0 Å². The van der Waals surface area contributed by atoms with E-state index in [0.29, 0.717) is 0 Å². The third-order valence-corrected chi connectivity index (χ3v) is 8.21. The summed E-state index contributed by atoms with van der Waals surface area (Å²) in [4.78, 5) is 4.99. The third kappa shape index (κ3) is 2.43. The van der Waals surface area contributed by atoms with Crippen molar-refractivity contribution in [3.8, 4) is 16.9 Å². The summed E-state index contributed by atoms with van der Waals surface area (Å²) in [5, 5.41) is 7.46. The second-order valence-electron chi connectivity index (χ2n) is 10.5. The largest absolute Gasteiger partial charge is 0.293 e. The molecule has 5 aromatic carbocycles. The predicted molar refractivity (Wildman–Crippen MR) is 151 cm³/mol. The maximum Gasteiger partial charge on any atom is 0.138 e. The highest BCUT2D eigenvalue weighted by atomic mass is 15.1. The molecule has 0 unspecified atom stereocenters. The average Bonchev–Trinajstić information content (AvgIpc) is 3.38. The van der Waals surface area contributed by atoms with E-state index in [1.807, 2.05) is 6.20 Å². The van der Waals surface area contributed by atoms with Gasteiger partial charge in [0.2, 0.25) is 0 Å². The van der Waals surface area contributed by atoms with Gasteiger partial charge in [0, 0.05) is 33.2 Å². The van der Waals surface area contributed by atoms with E-state index in [4.69, 9.17) is 4.98 Å². The van der Waals surface area contributed by atoms with E-state index >= 15 is 0 Å². The Hall–Kier alpha value is -4.43. The van der Waals surface area contributed by atoms with Crippen LogP contribution in [0.4, 0.5) is 0 Å². The molecule has 0 atom stereocenters. The first-order chi connectivity index (χ1) is 17.6. The Balaban J connectivity index is 1.62. The number of pyridine rings is 1. The van der Waals surface area contributed by atoms with Crippen molar-refractivity contribution < 1.29 is 0 Å². The Bertz CT molecular complexity index is 2020. The Morgan fingerprint density at radius 1 is 0.639 bits per heavy atom. The maximum absolute atomic E-state index is 4.99. The number of para-hydroxylation sites is 1. The Labute approximate surface area is 209 Å². The topological polar surface area (TPSA) is 17.8 Å². The lowest BCUT2D eigenvalue weighted by atomic mass is 9.82. The van der Waals surface area contributed by atoms with Crippen molar-refractivity contribution >= 4 is 43.4 Å². The molecule has 2 nitrogen and oxygen atoms in total. The van der Waals surface area contributed by atoms with Crippen LogP contribution in [0.2, 0.25) is 0 Å². The van der Waals surface area contributed by atoms with Crippen LogP contribution in [0.15, 0.2) is 109 Å². The molecule has 0 fully saturated rings. The highest BCUT2D eigenvalue weighted by Gasteiger charge is 2.36. The van der Waals surface area contributed by atoms with Gasteiger partial charge >= 0.3 is 0 Å². The van der Waals surface area contributed by atoms with Gasteiger partial charge in [0.15, 0.2) is 0 Å². The summed E-state index contributed by atoms with van der Waals surface area (Å²) in [6.07, 6.45) is 2.00. The van der Waals surface area contributed by atoms with Crippen molar-refractivity contribution in [3.05, 3.63) is 120 Å².